The van der Waals surface area contributed by atoms with Gasteiger partial charge in [-0.25, -0.2) is 15.0 Å². The van der Waals surface area contributed by atoms with Gasteiger partial charge < -0.3 is 20.7 Å². The summed E-state index contributed by atoms with van der Waals surface area (Å²) in [7, 11) is 0. The van der Waals surface area contributed by atoms with Gasteiger partial charge in [-0.3, -0.25) is 4.57 Å². The number of anilines is 1. The molecule has 4 rings (SSSR count). The van der Waals surface area contributed by atoms with E-state index in [-0.39, 0.29) is 5.82 Å². The zero-order valence-electron chi connectivity index (χ0n) is 11.1. The average molecular weight is 309 g/mol. The van der Waals surface area contributed by atoms with E-state index in [1.807, 2.05) is 0 Å². The zero-order chi connectivity index (χ0) is 14.6. The molecule has 0 aromatic carbocycles. The lowest BCUT2D eigenvalue weighted by atomic mass is 9.89. The van der Waals surface area contributed by atoms with E-state index in [4.69, 9.17) is 10.5 Å². The number of imidazole rings is 1. The van der Waals surface area contributed by atoms with Crippen LogP contribution in [0.1, 0.15) is 12.6 Å². The molecule has 2 aliphatic heterocycles. The van der Waals surface area contributed by atoms with Crippen molar-refractivity contribution in [2.45, 2.75) is 30.5 Å². The SMILES string of the molecule is Nc1ncnc2c1ncn2C1OC2CSCCC2(O)C1O. The standard InChI is InChI=1S/C12H15N5O3S/c13-9-7-10(15-4-14-9)17(5-16-7)11-8(18)12(19)1-2-21-3-6(12)20-11/h4-6,8,11,18-19H,1-3H2,(H2,13,14,15). The Labute approximate surface area is 124 Å². The number of hydrogen-bond acceptors (Lipinski definition) is 8. The summed E-state index contributed by atoms with van der Waals surface area (Å²) in [6.45, 7) is 0. The number of nitrogens with two attached hydrogens (primary N) is 1. The summed E-state index contributed by atoms with van der Waals surface area (Å²) in [5, 5.41) is 21.2. The van der Waals surface area contributed by atoms with Crippen LogP contribution in [0.3, 0.4) is 0 Å². The molecule has 4 atom stereocenters. The zero-order valence-corrected chi connectivity index (χ0v) is 11.9. The molecule has 9 heteroatoms. The fourth-order valence-corrected chi connectivity index (χ4v) is 4.21. The second-order valence-corrected chi connectivity index (χ2v) is 6.51. The maximum Gasteiger partial charge on any atom is 0.167 e. The summed E-state index contributed by atoms with van der Waals surface area (Å²) in [5.74, 6) is 1.74. The van der Waals surface area contributed by atoms with Crippen LogP contribution in [0.25, 0.3) is 11.2 Å². The second-order valence-electron chi connectivity index (χ2n) is 5.36. The van der Waals surface area contributed by atoms with Gasteiger partial charge in [0.15, 0.2) is 17.7 Å². The van der Waals surface area contributed by atoms with Crippen LogP contribution in [-0.2, 0) is 4.74 Å². The highest BCUT2D eigenvalue weighted by Crippen LogP contribution is 2.44. The lowest BCUT2D eigenvalue weighted by molar-refractivity contribution is -0.0750. The van der Waals surface area contributed by atoms with Crippen LogP contribution in [0.4, 0.5) is 5.82 Å². The molecule has 2 aliphatic rings. The first-order valence-electron chi connectivity index (χ1n) is 6.68. The molecule has 4 unspecified atom stereocenters. The first-order valence-corrected chi connectivity index (χ1v) is 7.83. The molecule has 4 heterocycles. The molecule has 112 valence electrons. The highest BCUT2D eigenvalue weighted by Gasteiger charge is 2.56. The van der Waals surface area contributed by atoms with Crippen LogP contribution in [0.2, 0.25) is 0 Å². The molecule has 0 spiro atoms. The van der Waals surface area contributed by atoms with Crippen molar-refractivity contribution in [3.8, 4) is 0 Å². The molecule has 0 aliphatic carbocycles. The molecule has 4 N–H and O–H groups in total. The molecular weight excluding hydrogens is 294 g/mol. The van der Waals surface area contributed by atoms with E-state index in [2.05, 4.69) is 15.0 Å². The summed E-state index contributed by atoms with van der Waals surface area (Å²) in [4.78, 5) is 12.2. The molecule has 21 heavy (non-hydrogen) atoms. The minimum absolute atomic E-state index is 0.276. The normalized spacial score (nSPS) is 36.0. The van der Waals surface area contributed by atoms with Crippen molar-refractivity contribution in [3.63, 3.8) is 0 Å². The van der Waals surface area contributed by atoms with Crippen molar-refractivity contribution in [1.82, 2.24) is 19.5 Å². The fraction of sp³-hybridized carbons (Fsp3) is 0.583. The molecular formula is C12H15N5O3S. The Balaban J connectivity index is 1.78. The number of nitrogens with zero attached hydrogens (tertiary/aromatic N) is 4. The monoisotopic (exact) mass is 309 g/mol. The van der Waals surface area contributed by atoms with E-state index < -0.39 is 24.0 Å². The fourth-order valence-electron chi connectivity index (χ4n) is 2.99. The van der Waals surface area contributed by atoms with Gasteiger partial charge >= 0.3 is 0 Å². The second kappa shape index (κ2) is 4.54. The highest BCUT2D eigenvalue weighted by molar-refractivity contribution is 7.99. The van der Waals surface area contributed by atoms with Gasteiger partial charge in [0.05, 0.1) is 6.33 Å². The lowest BCUT2D eigenvalue weighted by Gasteiger charge is -2.34. The Bertz CT molecular complexity index is 695. The van der Waals surface area contributed by atoms with Crippen molar-refractivity contribution in [2.75, 3.05) is 17.2 Å². The number of nitrogen functional groups attached to an aromatic ring is 1. The lowest BCUT2D eigenvalue weighted by Crippen LogP contribution is -2.51. The molecule has 2 aromatic rings. The van der Waals surface area contributed by atoms with Crippen LogP contribution < -0.4 is 5.73 Å². The maximum absolute atomic E-state index is 10.7. The van der Waals surface area contributed by atoms with Gasteiger partial charge in [-0.2, -0.15) is 11.8 Å². The van der Waals surface area contributed by atoms with Gasteiger partial charge in [0, 0.05) is 5.75 Å². The van der Waals surface area contributed by atoms with E-state index in [9.17, 15) is 10.2 Å². The van der Waals surface area contributed by atoms with E-state index in [1.165, 1.54) is 12.7 Å². The molecule has 0 radical (unpaired) electrons. The average Bonchev–Trinajstić information content (AvgIpc) is 3.01. The number of fused-ring (bicyclic) bond motifs is 2. The number of thioether (sulfide) groups is 1. The Morgan fingerprint density at radius 1 is 1.43 bits per heavy atom. The number of aromatic nitrogens is 4. The van der Waals surface area contributed by atoms with Gasteiger partial charge in [-0.1, -0.05) is 0 Å². The van der Waals surface area contributed by atoms with Crippen LogP contribution in [0.5, 0.6) is 0 Å². The Hall–Kier alpha value is -1.42. The van der Waals surface area contributed by atoms with E-state index in [0.29, 0.717) is 23.3 Å². The summed E-state index contributed by atoms with van der Waals surface area (Å²) in [6, 6.07) is 0. The third-order valence-electron chi connectivity index (χ3n) is 4.22. The highest BCUT2D eigenvalue weighted by atomic mass is 32.2. The number of rotatable bonds is 1. The van der Waals surface area contributed by atoms with Crippen LogP contribution in [0, 0.1) is 0 Å². The largest absolute Gasteiger partial charge is 0.385 e. The topological polar surface area (TPSA) is 119 Å². The van der Waals surface area contributed by atoms with Crippen molar-refractivity contribution in [3.05, 3.63) is 12.7 Å². The van der Waals surface area contributed by atoms with E-state index in [1.54, 1.807) is 16.3 Å². The smallest absolute Gasteiger partial charge is 0.167 e. The van der Waals surface area contributed by atoms with Gasteiger partial charge in [0.25, 0.3) is 0 Å². The molecule has 0 saturated carbocycles. The van der Waals surface area contributed by atoms with Crippen molar-refractivity contribution < 1.29 is 14.9 Å². The van der Waals surface area contributed by atoms with Crippen LogP contribution >= 0.6 is 11.8 Å². The molecule has 2 saturated heterocycles. The van der Waals surface area contributed by atoms with Gasteiger partial charge in [-0.15, -0.1) is 0 Å². The number of ether oxygens (including phenoxy) is 1. The van der Waals surface area contributed by atoms with Crippen LogP contribution in [0.15, 0.2) is 12.7 Å². The molecule has 2 aromatic heterocycles. The molecule has 2 fully saturated rings. The minimum atomic E-state index is -1.22. The Morgan fingerprint density at radius 3 is 3.10 bits per heavy atom. The molecule has 8 nitrogen and oxygen atoms in total. The maximum atomic E-state index is 10.7. The summed E-state index contributed by atoms with van der Waals surface area (Å²) in [5.41, 5.74) is 5.50. The number of aliphatic hydroxyl groups is 2. The third kappa shape index (κ3) is 1.78. The van der Waals surface area contributed by atoms with Crippen molar-refractivity contribution in [2.24, 2.45) is 0 Å². The van der Waals surface area contributed by atoms with E-state index >= 15 is 0 Å². The first kappa shape index (κ1) is 13.3. The summed E-state index contributed by atoms with van der Waals surface area (Å²) < 4.78 is 7.48. The molecule has 0 amide bonds. The third-order valence-corrected chi connectivity index (χ3v) is 5.25. The van der Waals surface area contributed by atoms with E-state index in [0.717, 1.165) is 5.75 Å². The predicted octanol–water partition coefficient (Wildman–Crippen LogP) is -0.465. The van der Waals surface area contributed by atoms with Gasteiger partial charge in [0.2, 0.25) is 0 Å². The Kier molecular flexibility index (Phi) is 2.86. The molecule has 0 bridgehead atoms. The van der Waals surface area contributed by atoms with Crippen molar-refractivity contribution >= 4 is 28.7 Å². The minimum Gasteiger partial charge on any atom is -0.385 e. The quantitative estimate of drug-likeness (QED) is 0.647. The summed E-state index contributed by atoms with van der Waals surface area (Å²) in [6.07, 6.45) is 1.21. The van der Waals surface area contributed by atoms with Crippen LogP contribution in [-0.4, -0.2) is 59.0 Å². The summed E-state index contributed by atoms with van der Waals surface area (Å²) >= 11 is 1.71. The van der Waals surface area contributed by atoms with Crippen molar-refractivity contribution in [1.29, 1.82) is 0 Å². The Morgan fingerprint density at radius 2 is 2.29 bits per heavy atom. The number of hydrogen-bond donors (Lipinski definition) is 3. The van der Waals surface area contributed by atoms with Gasteiger partial charge in [-0.05, 0) is 12.2 Å². The number of aliphatic hydroxyl groups excluding tert-OH is 1. The predicted molar refractivity (Wildman–Crippen MR) is 76.5 cm³/mol. The van der Waals surface area contributed by atoms with Gasteiger partial charge in [0.1, 0.15) is 29.7 Å². The first-order chi connectivity index (χ1) is 10.1.